The lowest BCUT2D eigenvalue weighted by molar-refractivity contribution is -0.0440. The summed E-state index contributed by atoms with van der Waals surface area (Å²) in [5, 5.41) is 12.0. The van der Waals surface area contributed by atoms with Gasteiger partial charge in [-0.2, -0.15) is 4.31 Å². The van der Waals surface area contributed by atoms with Gasteiger partial charge in [-0.3, -0.25) is 4.79 Å². The van der Waals surface area contributed by atoms with E-state index in [1.54, 1.807) is 18.2 Å². The first-order chi connectivity index (χ1) is 14.2. The molecule has 8 nitrogen and oxygen atoms in total. The van der Waals surface area contributed by atoms with Crippen molar-refractivity contribution in [2.75, 3.05) is 25.0 Å². The van der Waals surface area contributed by atoms with Crippen molar-refractivity contribution in [3.05, 3.63) is 59.7 Å². The van der Waals surface area contributed by atoms with Crippen molar-refractivity contribution in [3.63, 3.8) is 0 Å². The minimum Gasteiger partial charge on any atom is -0.478 e. The van der Waals surface area contributed by atoms with Gasteiger partial charge in [0.25, 0.3) is 0 Å². The number of rotatable bonds is 7. The minimum absolute atomic E-state index is 0.0422. The van der Waals surface area contributed by atoms with Gasteiger partial charge in [0.15, 0.2) is 5.78 Å². The molecule has 0 aliphatic carbocycles. The van der Waals surface area contributed by atoms with Gasteiger partial charge in [-0.15, -0.1) is 0 Å². The second-order valence-corrected chi connectivity index (χ2v) is 9.17. The number of carbonyl (C=O) groups is 2. The molecule has 160 valence electrons. The van der Waals surface area contributed by atoms with Gasteiger partial charge >= 0.3 is 5.97 Å². The van der Waals surface area contributed by atoms with Crippen LogP contribution in [0.2, 0.25) is 0 Å². The summed E-state index contributed by atoms with van der Waals surface area (Å²) < 4.78 is 33.0. The van der Waals surface area contributed by atoms with Crippen LogP contribution in [0.5, 0.6) is 0 Å². The number of sulfonamides is 1. The fraction of sp³-hybridized carbons (Fsp3) is 0.333. The Labute approximate surface area is 175 Å². The molecule has 30 heavy (non-hydrogen) atoms. The number of carboxylic acids is 1. The van der Waals surface area contributed by atoms with Gasteiger partial charge in [0.05, 0.1) is 29.2 Å². The predicted octanol–water partition coefficient (Wildman–Crippen LogP) is 2.48. The Morgan fingerprint density at radius 1 is 1.10 bits per heavy atom. The second kappa shape index (κ2) is 8.95. The highest BCUT2D eigenvalue weighted by Gasteiger charge is 2.32. The molecule has 2 unspecified atom stereocenters. The maximum atomic E-state index is 13.0. The van der Waals surface area contributed by atoms with Crippen molar-refractivity contribution in [1.29, 1.82) is 0 Å². The van der Waals surface area contributed by atoms with Crippen molar-refractivity contribution in [1.82, 2.24) is 4.31 Å². The summed E-state index contributed by atoms with van der Waals surface area (Å²) in [4.78, 5) is 23.9. The minimum atomic E-state index is -3.77. The van der Waals surface area contributed by atoms with E-state index >= 15 is 0 Å². The Morgan fingerprint density at radius 3 is 2.43 bits per heavy atom. The molecule has 0 aromatic heterocycles. The molecule has 0 radical (unpaired) electrons. The van der Waals surface area contributed by atoms with Crippen LogP contribution >= 0.6 is 0 Å². The second-order valence-electron chi connectivity index (χ2n) is 7.23. The fourth-order valence-corrected chi connectivity index (χ4v) is 5.04. The van der Waals surface area contributed by atoms with Gasteiger partial charge in [0.1, 0.15) is 0 Å². The first-order valence-electron chi connectivity index (χ1n) is 9.53. The monoisotopic (exact) mass is 432 g/mol. The number of nitrogens with zero attached hydrogens (tertiary/aromatic N) is 1. The van der Waals surface area contributed by atoms with Crippen LogP contribution in [0.1, 0.15) is 34.6 Å². The maximum Gasteiger partial charge on any atom is 0.337 e. The van der Waals surface area contributed by atoms with Gasteiger partial charge in [-0.05, 0) is 38.1 Å². The quantitative estimate of drug-likeness (QED) is 0.646. The van der Waals surface area contributed by atoms with Crippen molar-refractivity contribution < 1.29 is 27.9 Å². The Bertz CT molecular complexity index is 1040. The smallest absolute Gasteiger partial charge is 0.337 e. The van der Waals surface area contributed by atoms with Gasteiger partial charge in [0, 0.05) is 24.3 Å². The average molecular weight is 432 g/mol. The van der Waals surface area contributed by atoms with E-state index in [-0.39, 0.29) is 53.6 Å². The van der Waals surface area contributed by atoms with Crippen LogP contribution in [0.15, 0.2) is 53.4 Å². The highest BCUT2D eigenvalue weighted by atomic mass is 32.2. The number of aromatic carboxylic acids is 1. The third-order valence-corrected chi connectivity index (χ3v) is 6.60. The number of ketones is 1. The van der Waals surface area contributed by atoms with E-state index in [1.165, 1.54) is 34.6 Å². The number of nitrogens with one attached hydrogen (secondary N) is 1. The summed E-state index contributed by atoms with van der Waals surface area (Å²) in [6, 6.07) is 12.1. The van der Waals surface area contributed by atoms with Crippen LogP contribution in [-0.2, 0) is 14.8 Å². The molecule has 2 aromatic carbocycles. The number of hydrogen-bond donors (Lipinski definition) is 2. The molecule has 1 heterocycles. The number of carbonyl (C=O) groups excluding carboxylic acids is 1. The number of Topliss-reactive ketones (excluding diaryl/α,β-unsaturated/α-hetero) is 1. The van der Waals surface area contributed by atoms with Crippen LogP contribution in [0.3, 0.4) is 0 Å². The molecule has 9 heteroatoms. The van der Waals surface area contributed by atoms with E-state index in [9.17, 15) is 23.1 Å². The fourth-order valence-electron chi connectivity index (χ4n) is 3.41. The molecule has 0 amide bonds. The van der Waals surface area contributed by atoms with E-state index in [1.807, 2.05) is 13.8 Å². The Morgan fingerprint density at radius 2 is 1.77 bits per heavy atom. The largest absolute Gasteiger partial charge is 0.478 e. The highest BCUT2D eigenvalue weighted by Crippen LogP contribution is 2.22. The lowest BCUT2D eigenvalue weighted by atomic mass is 10.1. The molecule has 1 saturated heterocycles. The summed E-state index contributed by atoms with van der Waals surface area (Å²) in [5.74, 6) is -1.46. The van der Waals surface area contributed by atoms with Crippen LogP contribution < -0.4 is 5.32 Å². The van der Waals surface area contributed by atoms with Crippen LogP contribution in [0.4, 0.5) is 5.69 Å². The Hall–Kier alpha value is -2.75. The zero-order valence-corrected chi connectivity index (χ0v) is 17.6. The normalized spacial score (nSPS) is 19.9. The first-order valence-corrected chi connectivity index (χ1v) is 11.0. The Balaban J connectivity index is 1.76. The number of hydrogen-bond acceptors (Lipinski definition) is 6. The standard InChI is InChI=1S/C21H24N2O6S/c1-14-12-23(13-15(2)29-14)30(27,28)17-7-5-6-16(10-17)20(24)11-22-19-9-4-3-8-18(19)21(25)26/h3-10,14-15,22H,11-13H2,1-2H3,(H,25,26). The molecule has 0 spiro atoms. The molecular weight excluding hydrogens is 408 g/mol. The number of anilines is 1. The summed E-state index contributed by atoms with van der Waals surface area (Å²) in [5.41, 5.74) is 0.598. The molecular formula is C21H24N2O6S. The molecule has 1 aliphatic heterocycles. The van der Waals surface area contributed by atoms with Crippen LogP contribution in [0.25, 0.3) is 0 Å². The van der Waals surface area contributed by atoms with E-state index in [0.29, 0.717) is 5.69 Å². The zero-order chi connectivity index (χ0) is 21.9. The average Bonchev–Trinajstić information content (AvgIpc) is 2.71. The number of morpholine rings is 1. The number of benzene rings is 2. The van der Waals surface area contributed by atoms with Crippen LogP contribution in [-0.4, -0.2) is 61.4 Å². The SMILES string of the molecule is CC1CN(S(=O)(=O)c2cccc(C(=O)CNc3ccccc3C(=O)O)c2)CC(C)O1. The maximum absolute atomic E-state index is 13.0. The summed E-state index contributed by atoms with van der Waals surface area (Å²) in [7, 11) is -3.77. The molecule has 2 N–H and O–H groups in total. The Kier molecular flexibility index (Phi) is 6.55. The lowest BCUT2D eigenvalue weighted by Crippen LogP contribution is -2.48. The van der Waals surface area contributed by atoms with Crippen LogP contribution in [0, 0.1) is 0 Å². The third kappa shape index (κ3) is 4.86. The molecule has 0 saturated carbocycles. The van der Waals surface area contributed by atoms with Gasteiger partial charge < -0.3 is 15.2 Å². The number of carboxylic acid groups (broad SMARTS) is 1. The lowest BCUT2D eigenvalue weighted by Gasteiger charge is -2.34. The van der Waals surface area contributed by atoms with Crippen molar-refractivity contribution in [2.45, 2.75) is 31.0 Å². The topological polar surface area (TPSA) is 113 Å². The van der Waals surface area contributed by atoms with E-state index in [4.69, 9.17) is 4.74 Å². The first kappa shape index (κ1) is 21.9. The van der Waals surface area contributed by atoms with Crippen molar-refractivity contribution in [3.8, 4) is 0 Å². The van der Waals surface area contributed by atoms with Gasteiger partial charge in [-0.25, -0.2) is 13.2 Å². The van der Waals surface area contributed by atoms with Gasteiger partial charge in [0.2, 0.25) is 10.0 Å². The molecule has 2 atom stereocenters. The van der Waals surface area contributed by atoms with E-state index in [0.717, 1.165) is 0 Å². The predicted molar refractivity (Wildman–Crippen MR) is 111 cm³/mol. The van der Waals surface area contributed by atoms with E-state index < -0.39 is 16.0 Å². The summed E-state index contributed by atoms with van der Waals surface area (Å²) >= 11 is 0. The van der Waals surface area contributed by atoms with Crippen molar-refractivity contribution >= 4 is 27.5 Å². The molecule has 3 rings (SSSR count). The molecule has 0 bridgehead atoms. The molecule has 2 aromatic rings. The molecule has 1 aliphatic rings. The summed E-state index contributed by atoms with van der Waals surface area (Å²) in [6.07, 6.45) is -0.432. The number of para-hydroxylation sites is 1. The number of ether oxygens (including phenoxy) is 1. The summed E-state index contributed by atoms with van der Waals surface area (Å²) in [6.45, 7) is 3.97. The highest BCUT2D eigenvalue weighted by molar-refractivity contribution is 7.89. The third-order valence-electron chi connectivity index (χ3n) is 4.78. The van der Waals surface area contributed by atoms with E-state index in [2.05, 4.69) is 5.32 Å². The zero-order valence-electron chi connectivity index (χ0n) is 16.7. The molecule has 1 fully saturated rings. The van der Waals surface area contributed by atoms with Gasteiger partial charge in [-0.1, -0.05) is 24.3 Å². The van der Waals surface area contributed by atoms with Crippen molar-refractivity contribution in [2.24, 2.45) is 0 Å².